The number of likely N-dealkylation sites (N-methyl/N-ethyl adjacent to an activating group) is 1. The Kier molecular flexibility index (Phi) is 6.09. The predicted molar refractivity (Wildman–Crippen MR) is 112 cm³/mol. The van der Waals surface area contributed by atoms with Crippen LogP contribution in [0.15, 0.2) is 30.5 Å². The number of carbonyl (C=O) groups is 1. The van der Waals surface area contributed by atoms with Gasteiger partial charge in [-0.05, 0) is 50.4 Å². The zero-order valence-electron chi connectivity index (χ0n) is 17.4. The van der Waals surface area contributed by atoms with Gasteiger partial charge in [0.05, 0.1) is 13.2 Å². The molecule has 29 heavy (non-hydrogen) atoms. The van der Waals surface area contributed by atoms with Crippen LogP contribution in [0.4, 0.5) is 0 Å². The molecule has 3 heterocycles. The number of aryl methyl sites for hydroxylation is 1. The lowest BCUT2D eigenvalue weighted by Crippen LogP contribution is -2.39. The Morgan fingerprint density at radius 3 is 2.83 bits per heavy atom. The van der Waals surface area contributed by atoms with Crippen LogP contribution in [-0.4, -0.2) is 52.9 Å². The largest absolute Gasteiger partial charge is 0.497 e. The molecule has 154 valence electrons. The van der Waals surface area contributed by atoms with Crippen LogP contribution in [0.3, 0.4) is 0 Å². The van der Waals surface area contributed by atoms with Gasteiger partial charge >= 0.3 is 0 Å². The number of aromatic nitrogens is 2. The lowest BCUT2D eigenvalue weighted by atomic mass is 9.99. The van der Waals surface area contributed by atoms with Crippen molar-refractivity contribution in [1.29, 1.82) is 0 Å². The zero-order valence-corrected chi connectivity index (χ0v) is 17.4. The first-order valence-electron chi connectivity index (χ1n) is 10.6. The van der Waals surface area contributed by atoms with E-state index in [2.05, 4.69) is 16.9 Å². The topological polar surface area (TPSA) is 58.6 Å². The summed E-state index contributed by atoms with van der Waals surface area (Å²) in [6.45, 7) is 2.73. The summed E-state index contributed by atoms with van der Waals surface area (Å²) in [4.78, 5) is 26.9. The Bertz CT molecular complexity index is 852. The van der Waals surface area contributed by atoms with Crippen LogP contribution in [0.25, 0.3) is 0 Å². The Hall–Kier alpha value is -2.47. The molecule has 1 fully saturated rings. The van der Waals surface area contributed by atoms with E-state index in [1.165, 1.54) is 5.56 Å². The first-order chi connectivity index (χ1) is 14.1. The molecule has 0 N–H and O–H groups in total. The number of hydrogen-bond acceptors (Lipinski definition) is 5. The number of ether oxygens (including phenoxy) is 1. The van der Waals surface area contributed by atoms with Crippen molar-refractivity contribution in [3.8, 4) is 5.75 Å². The number of piperidine rings is 1. The Morgan fingerprint density at radius 2 is 2.03 bits per heavy atom. The van der Waals surface area contributed by atoms with Crippen molar-refractivity contribution < 1.29 is 9.53 Å². The van der Waals surface area contributed by atoms with E-state index in [1.807, 2.05) is 35.4 Å². The Balaban J connectivity index is 1.44. The minimum Gasteiger partial charge on any atom is -0.497 e. The number of hydrogen-bond donors (Lipinski definition) is 0. The lowest BCUT2D eigenvalue weighted by molar-refractivity contribution is -0.135. The van der Waals surface area contributed by atoms with E-state index in [0.717, 1.165) is 74.6 Å². The van der Waals surface area contributed by atoms with E-state index in [9.17, 15) is 4.79 Å². The molecule has 0 saturated carbocycles. The number of likely N-dealkylation sites (tertiary alicyclic amines) is 1. The quantitative estimate of drug-likeness (QED) is 0.780. The first kappa shape index (κ1) is 19.8. The van der Waals surface area contributed by atoms with Gasteiger partial charge in [0.15, 0.2) is 5.82 Å². The minimum atomic E-state index is 0.0112. The summed E-state index contributed by atoms with van der Waals surface area (Å²) in [5.41, 5.74) is 3.53. The van der Waals surface area contributed by atoms with Crippen LogP contribution in [0.5, 0.6) is 5.75 Å². The molecular formula is C23H30N4O2. The summed E-state index contributed by atoms with van der Waals surface area (Å²) < 4.78 is 5.21. The summed E-state index contributed by atoms with van der Waals surface area (Å²) in [5.74, 6) is 1.87. The number of nitrogens with zero attached hydrogens (tertiary/aromatic N) is 4. The van der Waals surface area contributed by atoms with Crippen molar-refractivity contribution in [2.24, 2.45) is 0 Å². The lowest BCUT2D eigenvalue weighted by Gasteiger charge is -2.35. The predicted octanol–water partition coefficient (Wildman–Crippen LogP) is 3.16. The first-order valence-corrected chi connectivity index (χ1v) is 10.6. The molecule has 6 nitrogen and oxygen atoms in total. The second kappa shape index (κ2) is 8.91. The van der Waals surface area contributed by atoms with Crippen molar-refractivity contribution in [1.82, 2.24) is 19.8 Å². The average Bonchev–Trinajstić information content (AvgIpc) is 2.77. The fourth-order valence-corrected chi connectivity index (χ4v) is 4.32. The van der Waals surface area contributed by atoms with Crippen molar-refractivity contribution >= 4 is 5.91 Å². The molecule has 1 aromatic heterocycles. The smallest absolute Gasteiger partial charge is 0.223 e. The van der Waals surface area contributed by atoms with Gasteiger partial charge in [0.1, 0.15) is 5.75 Å². The van der Waals surface area contributed by atoms with Crippen LogP contribution in [0.1, 0.15) is 54.4 Å². The van der Waals surface area contributed by atoms with Crippen molar-refractivity contribution in [2.45, 2.75) is 51.1 Å². The maximum absolute atomic E-state index is 13.0. The number of amides is 1. The molecule has 1 saturated heterocycles. The molecule has 2 aliphatic rings. The van der Waals surface area contributed by atoms with Crippen LogP contribution in [-0.2, 0) is 24.2 Å². The maximum Gasteiger partial charge on any atom is 0.223 e. The van der Waals surface area contributed by atoms with Gasteiger partial charge in [-0.3, -0.25) is 4.79 Å². The van der Waals surface area contributed by atoms with Crippen LogP contribution < -0.4 is 4.74 Å². The number of carbonyl (C=O) groups excluding carboxylic acids is 1. The Morgan fingerprint density at radius 1 is 1.21 bits per heavy atom. The van der Waals surface area contributed by atoms with Gasteiger partial charge in [-0.1, -0.05) is 12.1 Å². The molecule has 1 atom stereocenters. The summed E-state index contributed by atoms with van der Waals surface area (Å²) >= 11 is 0. The molecule has 2 aromatic rings. The Labute approximate surface area is 172 Å². The summed E-state index contributed by atoms with van der Waals surface area (Å²) in [6.07, 6.45) is 7.31. The molecule has 6 heteroatoms. The second-order valence-electron chi connectivity index (χ2n) is 8.13. The van der Waals surface area contributed by atoms with Crippen LogP contribution in [0, 0.1) is 0 Å². The average molecular weight is 395 g/mol. The van der Waals surface area contributed by atoms with Crippen molar-refractivity contribution in [3.05, 3.63) is 53.1 Å². The molecular weight excluding hydrogens is 364 g/mol. The highest BCUT2D eigenvalue weighted by molar-refractivity contribution is 5.77. The standard InChI is InChI=1S/C23H30N4O2/c1-26-14-12-20-18(16-26)15-24-23(25-20)21-5-3-4-13-27(21)22(28)11-8-17-6-9-19(29-2)10-7-17/h6-7,9-10,15,21H,3-5,8,11-14,16H2,1-2H3. The fraction of sp³-hybridized carbons (Fsp3) is 0.522. The summed E-state index contributed by atoms with van der Waals surface area (Å²) in [6, 6.07) is 7.97. The third kappa shape index (κ3) is 4.58. The second-order valence-corrected chi connectivity index (χ2v) is 8.13. The third-order valence-electron chi connectivity index (χ3n) is 6.05. The van der Waals surface area contributed by atoms with Gasteiger partial charge in [0, 0.05) is 49.9 Å². The fourth-order valence-electron chi connectivity index (χ4n) is 4.32. The van der Waals surface area contributed by atoms with Crippen molar-refractivity contribution in [3.63, 3.8) is 0 Å². The molecule has 1 amide bonds. The van der Waals surface area contributed by atoms with E-state index in [0.29, 0.717) is 6.42 Å². The number of methoxy groups -OCH3 is 1. The van der Waals surface area contributed by atoms with Crippen molar-refractivity contribution in [2.75, 3.05) is 27.2 Å². The third-order valence-corrected chi connectivity index (χ3v) is 6.05. The summed E-state index contributed by atoms with van der Waals surface area (Å²) in [5, 5.41) is 0. The van der Waals surface area contributed by atoms with E-state index in [1.54, 1.807) is 7.11 Å². The van der Waals surface area contributed by atoms with Gasteiger partial charge in [-0.25, -0.2) is 9.97 Å². The van der Waals surface area contributed by atoms with Gasteiger partial charge in [-0.15, -0.1) is 0 Å². The highest BCUT2D eigenvalue weighted by atomic mass is 16.5. The molecule has 0 aliphatic carbocycles. The number of fused-ring (bicyclic) bond motifs is 1. The highest BCUT2D eigenvalue weighted by Gasteiger charge is 2.30. The van der Waals surface area contributed by atoms with Gasteiger partial charge in [-0.2, -0.15) is 0 Å². The van der Waals surface area contributed by atoms with E-state index in [4.69, 9.17) is 9.72 Å². The monoisotopic (exact) mass is 394 g/mol. The molecule has 4 rings (SSSR count). The van der Waals surface area contributed by atoms with E-state index in [-0.39, 0.29) is 11.9 Å². The maximum atomic E-state index is 13.0. The number of rotatable bonds is 5. The van der Waals surface area contributed by atoms with E-state index >= 15 is 0 Å². The zero-order chi connectivity index (χ0) is 20.2. The van der Waals surface area contributed by atoms with Gasteiger partial charge < -0.3 is 14.5 Å². The molecule has 1 aromatic carbocycles. The normalized spacial score (nSPS) is 19.7. The highest BCUT2D eigenvalue weighted by Crippen LogP contribution is 2.30. The summed E-state index contributed by atoms with van der Waals surface area (Å²) in [7, 11) is 3.79. The minimum absolute atomic E-state index is 0.0112. The SMILES string of the molecule is COc1ccc(CCC(=O)N2CCCCC2c2ncc3c(n2)CCN(C)C3)cc1. The molecule has 1 unspecified atom stereocenters. The van der Waals surface area contributed by atoms with Crippen LogP contribution in [0.2, 0.25) is 0 Å². The molecule has 0 spiro atoms. The van der Waals surface area contributed by atoms with Crippen LogP contribution >= 0.6 is 0 Å². The van der Waals surface area contributed by atoms with Gasteiger partial charge in [0.25, 0.3) is 0 Å². The number of benzene rings is 1. The molecule has 2 aliphatic heterocycles. The van der Waals surface area contributed by atoms with Gasteiger partial charge in [0.2, 0.25) is 5.91 Å². The molecule has 0 radical (unpaired) electrons. The van der Waals surface area contributed by atoms with E-state index < -0.39 is 0 Å². The molecule has 0 bridgehead atoms.